The molecule has 1 aromatic heterocycles. The van der Waals surface area contributed by atoms with Gasteiger partial charge in [-0.3, -0.25) is 0 Å². The molecule has 0 aliphatic carbocycles. The van der Waals surface area contributed by atoms with Crippen molar-refractivity contribution in [1.82, 2.24) is 9.97 Å². The lowest BCUT2D eigenvalue weighted by Crippen LogP contribution is -2.21. The van der Waals surface area contributed by atoms with Gasteiger partial charge in [-0.15, -0.1) is 0 Å². The lowest BCUT2D eigenvalue weighted by molar-refractivity contribution is 0.602. The van der Waals surface area contributed by atoms with Crippen molar-refractivity contribution in [3.05, 3.63) is 41.1 Å². The van der Waals surface area contributed by atoms with E-state index >= 15 is 0 Å². The van der Waals surface area contributed by atoms with Crippen molar-refractivity contribution >= 4 is 27.3 Å². The first-order valence-electron chi connectivity index (χ1n) is 7.98. The normalized spacial score (nSPS) is 19.2. The van der Waals surface area contributed by atoms with Gasteiger partial charge in [0.1, 0.15) is 5.82 Å². The summed E-state index contributed by atoms with van der Waals surface area (Å²) in [6.45, 7) is 6.02. The summed E-state index contributed by atoms with van der Waals surface area (Å²) >= 11 is 0. The zero-order valence-electron chi connectivity index (χ0n) is 14.1. The van der Waals surface area contributed by atoms with Crippen LogP contribution in [-0.4, -0.2) is 35.9 Å². The van der Waals surface area contributed by atoms with Crippen molar-refractivity contribution in [1.29, 1.82) is 0 Å². The van der Waals surface area contributed by atoms with Gasteiger partial charge in [0, 0.05) is 23.5 Å². The van der Waals surface area contributed by atoms with Crippen LogP contribution in [0.4, 0.5) is 17.5 Å². The zero-order valence-corrected chi connectivity index (χ0v) is 14.9. The number of rotatable bonds is 4. The molecular weight excluding hydrogens is 324 g/mol. The smallest absolute Gasteiger partial charge is 0.229 e. The van der Waals surface area contributed by atoms with Crippen LogP contribution in [0.25, 0.3) is 0 Å². The highest BCUT2D eigenvalue weighted by Gasteiger charge is 2.28. The molecule has 0 radical (unpaired) electrons. The van der Waals surface area contributed by atoms with E-state index in [0.29, 0.717) is 18.2 Å². The molecule has 2 N–H and O–H groups in total. The number of anilines is 3. The molecule has 2 aromatic rings. The third-order valence-electron chi connectivity index (χ3n) is 4.20. The minimum Gasteiger partial charge on any atom is -0.366 e. The second kappa shape index (κ2) is 6.39. The Morgan fingerprint density at radius 3 is 2.54 bits per heavy atom. The second-order valence-corrected chi connectivity index (χ2v) is 8.62. The lowest BCUT2D eigenvalue weighted by Gasteiger charge is -2.14. The van der Waals surface area contributed by atoms with E-state index in [1.54, 1.807) is 0 Å². The summed E-state index contributed by atoms with van der Waals surface area (Å²) in [6.07, 6.45) is 0.616. The first-order valence-corrected chi connectivity index (χ1v) is 9.80. The molecule has 0 amide bonds. The summed E-state index contributed by atoms with van der Waals surface area (Å²) in [4.78, 5) is 8.87. The Bertz CT molecular complexity index is 865. The minimum atomic E-state index is -2.91. The lowest BCUT2D eigenvalue weighted by atomic mass is 10.1. The molecule has 2 heterocycles. The maximum absolute atomic E-state index is 11.6. The Morgan fingerprint density at radius 2 is 1.88 bits per heavy atom. The Hall–Kier alpha value is -2.15. The average molecular weight is 346 g/mol. The summed E-state index contributed by atoms with van der Waals surface area (Å²) in [5, 5.41) is 6.43. The van der Waals surface area contributed by atoms with Gasteiger partial charge in [0.2, 0.25) is 5.95 Å². The fourth-order valence-corrected chi connectivity index (χ4v) is 4.44. The first-order chi connectivity index (χ1) is 11.3. The molecule has 1 aliphatic rings. The highest BCUT2D eigenvalue weighted by atomic mass is 32.2. The Balaban J connectivity index is 1.77. The molecular formula is C17H22N4O2S. The number of hydrogen-bond acceptors (Lipinski definition) is 6. The molecule has 3 rings (SSSR count). The van der Waals surface area contributed by atoms with Crippen LogP contribution in [0, 0.1) is 20.8 Å². The predicted molar refractivity (Wildman–Crippen MR) is 96.6 cm³/mol. The molecule has 0 bridgehead atoms. The number of nitrogens with zero attached hydrogens (tertiary/aromatic N) is 2. The maximum Gasteiger partial charge on any atom is 0.229 e. The highest BCUT2D eigenvalue weighted by molar-refractivity contribution is 7.91. The van der Waals surface area contributed by atoms with Gasteiger partial charge in [0.05, 0.1) is 11.5 Å². The maximum atomic E-state index is 11.6. The van der Waals surface area contributed by atoms with Gasteiger partial charge in [-0.25, -0.2) is 13.4 Å². The number of sulfone groups is 1. The monoisotopic (exact) mass is 346 g/mol. The van der Waals surface area contributed by atoms with E-state index in [4.69, 9.17) is 0 Å². The van der Waals surface area contributed by atoms with E-state index in [9.17, 15) is 8.42 Å². The molecule has 1 unspecified atom stereocenters. The van der Waals surface area contributed by atoms with E-state index in [-0.39, 0.29) is 17.5 Å². The van der Waals surface area contributed by atoms with Gasteiger partial charge in [-0.1, -0.05) is 6.07 Å². The Kier molecular flexibility index (Phi) is 4.45. The van der Waals surface area contributed by atoms with Crippen LogP contribution >= 0.6 is 0 Å². The molecule has 24 heavy (non-hydrogen) atoms. The van der Waals surface area contributed by atoms with Crippen molar-refractivity contribution in [3.8, 4) is 0 Å². The Morgan fingerprint density at radius 1 is 1.08 bits per heavy atom. The molecule has 1 atom stereocenters. The number of hydrogen-bond donors (Lipinski definition) is 2. The molecule has 6 nitrogen and oxygen atoms in total. The van der Waals surface area contributed by atoms with Gasteiger partial charge >= 0.3 is 0 Å². The standard InChI is InChI=1S/C17H22N4O2S/c1-11-4-5-14(8-12(11)2)20-17-18-13(3)9-16(21-17)19-15-6-7-24(22,23)10-15/h4-5,8-9,15H,6-7,10H2,1-3H3,(H2,18,19,20,21). The second-order valence-electron chi connectivity index (χ2n) is 6.39. The molecule has 0 saturated carbocycles. The number of aromatic nitrogens is 2. The summed E-state index contributed by atoms with van der Waals surface area (Å²) < 4.78 is 23.2. The van der Waals surface area contributed by atoms with Crippen LogP contribution in [0.3, 0.4) is 0 Å². The molecule has 1 aliphatic heterocycles. The average Bonchev–Trinajstić information content (AvgIpc) is 2.81. The largest absolute Gasteiger partial charge is 0.366 e. The fraction of sp³-hybridized carbons (Fsp3) is 0.412. The minimum absolute atomic E-state index is 0.0845. The quantitative estimate of drug-likeness (QED) is 0.885. The van der Waals surface area contributed by atoms with Crippen LogP contribution < -0.4 is 10.6 Å². The predicted octanol–water partition coefficient (Wildman–Crippen LogP) is 2.74. The van der Waals surface area contributed by atoms with Crippen LogP contribution in [-0.2, 0) is 9.84 Å². The van der Waals surface area contributed by atoms with E-state index < -0.39 is 9.84 Å². The van der Waals surface area contributed by atoms with Crippen LogP contribution in [0.2, 0.25) is 0 Å². The molecule has 0 spiro atoms. The molecule has 1 saturated heterocycles. The van der Waals surface area contributed by atoms with Gasteiger partial charge in [-0.2, -0.15) is 4.98 Å². The number of benzene rings is 1. The molecule has 128 valence electrons. The van der Waals surface area contributed by atoms with Gasteiger partial charge in [-0.05, 0) is 50.5 Å². The van der Waals surface area contributed by atoms with E-state index in [2.05, 4.69) is 46.6 Å². The van der Waals surface area contributed by atoms with Crippen LogP contribution in [0.5, 0.6) is 0 Å². The van der Waals surface area contributed by atoms with E-state index in [0.717, 1.165) is 11.4 Å². The number of nitrogens with one attached hydrogen (secondary N) is 2. The van der Waals surface area contributed by atoms with Gasteiger partial charge in [0.15, 0.2) is 9.84 Å². The molecule has 7 heteroatoms. The summed E-state index contributed by atoms with van der Waals surface area (Å²) in [6, 6.07) is 7.84. The van der Waals surface area contributed by atoms with E-state index in [1.165, 1.54) is 11.1 Å². The first kappa shape index (κ1) is 16.7. The van der Waals surface area contributed by atoms with Crippen LogP contribution in [0.15, 0.2) is 24.3 Å². The highest BCUT2D eigenvalue weighted by Crippen LogP contribution is 2.21. The van der Waals surface area contributed by atoms with E-state index in [1.807, 2.05) is 19.1 Å². The number of aryl methyl sites for hydroxylation is 3. The van der Waals surface area contributed by atoms with Crippen LogP contribution in [0.1, 0.15) is 23.2 Å². The summed E-state index contributed by atoms with van der Waals surface area (Å²) in [5.74, 6) is 1.55. The van der Waals surface area contributed by atoms with Crippen molar-refractivity contribution < 1.29 is 8.42 Å². The molecule has 1 fully saturated rings. The van der Waals surface area contributed by atoms with Crippen molar-refractivity contribution in [2.24, 2.45) is 0 Å². The topological polar surface area (TPSA) is 84.0 Å². The van der Waals surface area contributed by atoms with Crippen molar-refractivity contribution in [3.63, 3.8) is 0 Å². The van der Waals surface area contributed by atoms with Crippen molar-refractivity contribution in [2.45, 2.75) is 33.2 Å². The van der Waals surface area contributed by atoms with Gasteiger partial charge < -0.3 is 10.6 Å². The fourth-order valence-electron chi connectivity index (χ4n) is 2.76. The summed E-state index contributed by atoms with van der Waals surface area (Å²) in [5.41, 5.74) is 4.18. The Labute approximate surface area is 142 Å². The third-order valence-corrected chi connectivity index (χ3v) is 5.97. The summed E-state index contributed by atoms with van der Waals surface area (Å²) in [7, 11) is -2.91. The SMILES string of the molecule is Cc1cc(NC2CCS(=O)(=O)C2)nc(Nc2ccc(C)c(C)c2)n1. The third kappa shape index (κ3) is 4.03. The van der Waals surface area contributed by atoms with Gasteiger partial charge in [0.25, 0.3) is 0 Å². The van der Waals surface area contributed by atoms with Crippen molar-refractivity contribution in [2.75, 3.05) is 22.1 Å². The zero-order chi connectivity index (χ0) is 17.3. The molecule has 1 aromatic carbocycles.